The molecule has 72 valence electrons. The third-order valence-corrected chi connectivity index (χ3v) is 4.89. The van der Waals surface area contributed by atoms with E-state index in [4.69, 9.17) is 0 Å². The first-order chi connectivity index (χ1) is 6.24. The molecule has 0 amide bonds. The van der Waals surface area contributed by atoms with Crippen molar-refractivity contribution in [3.8, 4) is 0 Å². The molecule has 0 radical (unpaired) electrons. The highest BCUT2D eigenvalue weighted by molar-refractivity contribution is 7.87. The predicted molar refractivity (Wildman–Crippen MR) is 66.2 cm³/mol. The Balaban J connectivity index is 5.02. The van der Waals surface area contributed by atoms with Gasteiger partial charge in [0.1, 0.15) is 7.26 Å². The van der Waals surface area contributed by atoms with Crippen LogP contribution in [0.5, 0.6) is 0 Å². The van der Waals surface area contributed by atoms with Crippen LogP contribution in [0.3, 0.4) is 0 Å². The molecule has 13 heavy (non-hydrogen) atoms. The van der Waals surface area contributed by atoms with Crippen LogP contribution in [0, 0.1) is 0 Å². The van der Waals surface area contributed by atoms with Crippen molar-refractivity contribution in [1.29, 1.82) is 0 Å². The summed E-state index contributed by atoms with van der Waals surface area (Å²) in [6.45, 7) is 8.30. The standard InChI is InChI=1S/C12H20P/c1-5-9-13(10-6-2,11-7-3)12-8-4/h5-12H,1-4H3/q+1/b9-5-,10-6-,11-7-,12-8-. The molecule has 0 nitrogen and oxygen atoms in total. The summed E-state index contributed by atoms with van der Waals surface area (Å²) in [4.78, 5) is 0. The van der Waals surface area contributed by atoms with Crippen LogP contribution in [0.1, 0.15) is 27.7 Å². The average molecular weight is 195 g/mol. The summed E-state index contributed by atoms with van der Waals surface area (Å²) in [6.07, 6.45) is 8.53. The molecule has 0 atom stereocenters. The van der Waals surface area contributed by atoms with E-state index in [1.807, 2.05) is 0 Å². The van der Waals surface area contributed by atoms with Gasteiger partial charge in [-0.2, -0.15) is 0 Å². The average Bonchev–Trinajstić information content (AvgIpc) is 2.06. The lowest BCUT2D eigenvalue weighted by molar-refractivity contribution is 1.73. The molecule has 0 heterocycles. The molecule has 0 saturated carbocycles. The second kappa shape index (κ2) is 6.86. The van der Waals surface area contributed by atoms with Crippen LogP contribution in [-0.4, -0.2) is 0 Å². The molecule has 0 aromatic carbocycles. The lowest BCUT2D eigenvalue weighted by Gasteiger charge is -2.08. The predicted octanol–water partition coefficient (Wildman–Crippen LogP) is 5.14. The normalized spacial score (nSPS) is 14.5. The van der Waals surface area contributed by atoms with Gasteiger partial charge >= 0.3 is 0 Å². The maximum absolute atomic E-state index is 2.30. The van der Waals surface area contributed by atoms with Gasteiger partial charge in [-0.05, 0) is 27.7 Å². The lowest BCUT2D eigenvalue weighted by Crippen LogP contribution is -1.74. The molecule has 0 rings (SSSR count). The fraction of sp³-hybridized carbons (Fsp3) is 0.333. The maximum Gasteiger partial charge on any atom is 0.113 e. The molecule has 0 aromatic rings. The van der Waals surface area contributed by atoms with Crippen molar-refractivity contribution in [2.24, 2.45) is 0 Å². The highest BCUT2D eigenvalue weighted by Crippen LogP contribution is 2.65. The summed E-state index contributed by atoms with van der Waals surface area (Å²) in [5.41, 5.74) is 0. The van der Waals surface area contributed by atoms with Crippen molar-refractivity contribution in [2.75, 3.05) is 0 Å². The van der Waals surface area contributed by atoms with Crippen molar-refractivity contribution >= 4 is 7.26 Å². The lowest BCUT2D eigenvalue weighted by atomic mass is 10.7. The minimum Gasteiger partial charge on any atom is -0.0515 e. The van der Waals surface area contributed by atoms with Gasteiger partial charge in [0.15, 0.2) is 0 Å². The van der Waals surface area contributed by atoms with Crippen LogP contribution in [-0.2, 0) is 0 Å². The SMILES string of the molecule is C/C=C\[P+](/C=C\C)(/C=C\C)/C=C\C. The van der Waals surface area contributed by atoms with Crippen LogP contribution in [0.4, 0.5) is 0 Å². The minimum absolute atomic E-state index is 1.22. The molecule has 0 saturated heterocycles. The van der Waals surface area contributed by atoms with E-state index in [1.165, 1.54) is 0 Å². The zero-order chi connectivity index (χ0) is 10.2. The van der Waals surface area contributed by atoms with E-state index in [0.29, 0.717) is 0 Å². The van der Waals surface area contributed by atoms with Crippen molar-refractivity contribution < 1.29 is 0 Å². The zero-order valence-corrected chi connectivity index (χ0v) is 9.96. The fourth-order valence-electron chi connectivity index (χ4n) is 1.33. The molecule has 0 aliphatic rings. The second-order valence-corrected chi connectivity index (χ2v) is 5.81. The van der Waals surface area contributed by atoms with Crippen molar-refractivity contribution in [1.82, 2.24) is 0 Å². The van der Waals surface area contributed by atoms with E-state index in [2.05, 4.69) is 75.3 Å². The van der Waals surface area contributed by atoms with Crippen LogP contribution >= 0.6 is 7.26 Å². The largest absolute Gasteiger partial charge is 0.113 e. The van der Waals surface area contributed by atoms with E-state index in [9.17, 15) is 0 Å². The molecule has 0 fully saturated rings. The van der Waals surface area contributed by atoms with Crippen LogP contribution in [0.2, 0.25) is 0 Å². The third-order valence-electron chi connectivity index (χ3n) is 1.63. The highest BCUT2D eigenvalue weighted by atomic mass is 31.2. The molecule has 0 aromatic heterocycles. The van der Waals surface area contributed by atoms with Gasteiger partial charge in [-0.1, -0.05) is 24.3 Å². The molecule has 0 bridgehead atoms. The highest BCUT2D eigenvalue weighted by Gasteiger charge is 2.23. The van der Waals surface area contributed by atoms with Crippen molar-refractivity contribution in [2.45, 2.75) is 27.7 Å². The summed E-state index contributed by atoms with van der Waals surface area (Å²) in [5.74, 6) is 9.19. The molecular formula is C12H20P+. The maximum atomic E-state index is 2.30. The number of hydrogen-bond acceptors (Lipinski definition) is 0. The molecular weight excluding hydrogens is 175 g/mol. The zero-order valence-electron chi connectivity index (χ0n) is 9.07. The molecule has 0 aliphatic heterocycles. The third kappa shape index (κ3) is 4.24. The monoisotopic (exact) mass is 195 g/mol. The van der Waals surface area contributed by atoms with E-state index in [0.717, 1.165) is 0 Å². The Morgan fingerprint density at radius 2 is 0.769 bits per heavy atom. The summed E-state index contributed by atoms with van der Waals surface area (Å²) >= 11 is 0. The molecule has 0 N–H and O–H groups in total. The Morgan fingerprint density at radius 3 is 0.923 bits per heavy atom. The first kappa shape index (κ1) is 12.4. The Kier molecular flexibility index (Phi) is 6.54. The molecule has 0 spiro atoms. The van der Waals surface area contributed by atoms with Crippen LogP contribution in [0.15, 0.2) is 47.6 Å². The fourth-order valence-corrected chi connectivity index (χ4v) is 3.99. The number of rotatable bonds is 4. The summed E-state index contributed by atoms with van der Waals surface area (Å²) < 4.78 is 0. The second-order valence-electron chi connectivity index (χ2n) is 2.82. The summed E-state index contributed by atoms with van der Waals surface area (Å²) in [5, 5.41) is 0. The molecule has 0 unspecified atom stereocenters. The summed E-state index contributed by atoms with van der Waals surface area (Å²) in [6, 6.07) is 0. The quantitative estimate of drug-likeness (QED) is 0.545. The minimum atomic E-state index is -1.22. The van der Waals surface area contributed by atoms with Gasteiger partial charge in [0.05, 0.1) is 23.3 Å². The van der Waals surface area contributed by atoms with Gasteiger partial charge in [-0.3, -0.25) is 0 Å². The Morgan fingerprint density at radius 1 is 0.538 bits per heavy atom. The van der Waals surface area contributed by atoms with E-state index >= 15 is 0 Å². The Bertz CT molecular complexity index is 178. The summed E-state index contributed by atoms with van der Waals surface area (Å²) in [7, 11) is -1.22. The van der Waals surface area contributed by atoms with Gasteiger partial charge in [0.2, 0.25) is 0 Å². The van der Waals surface area contributed by atoms with Crippen LogP contribution in [0.25, 0.3) is 0 Å². The molecule has 0 aliphatic carbocycles. The van der Waals surface area contributed by atoms with E-state index in [-0.39, 0.29) is 0 Å². The van der Waals surface area contributed by atoms with E-state index < -0.39 is 7.26 Å². The van der Waals surface area contributed by atoms with E-state index in [1.54, 1.807) is 0 Å². The van der Waals surface area contributed by atoms with Gasteiger partial charge in [0.25, 0.3) is 0 Å². The van der Waals surface area contributed by atoms with Crippen LogP contribution < -0.4 is 0 Å². The van der Waals surface area contributed by atoms with Gasteiger partial charge < -0.3 is 0 Å². The Hall–Kier alpha value is -0.610. The Labute approximate surface area is 83.1 Å². The van der Waals surface area contributed by atoms with Gasteiger partial charge in [0, 0.05) is 0 Å². The smallest absolute Gasteiger partial charge is 0.0515 e. The van der Waals surface area contributed by atoms with Gasteiger partial charge in [-0.15, -0.1) is 0 Å². The van der Waals surface area contributed by atoms with Gasteiger partial charge in [-0.25, -0.2) is 0 Å². The van der Waals surface area contributed by atoms with Crippen molar-refractivity contribution in [3.63, 3.8) is 0 Å². The first-order valence-electron chi connectivity index (χ1n) is 4.68. The molecule has 1 heteroatoms. The topological polar surface area (TPSA) is 0 Å². The first-order valence-corrected chi connectivity index (χ1v) is 6.74. The van der Waals surface area contributed by atoms with Crippen molar-refractivity contribution in [3.05, 3.63) is 47.6 Å². The number of hydrogen-bond donors (Lipinski definition) is 0. The number of allylic oxidation sites excluding steroid dienone is 4.